The predicted octanol–water partition coefficient (Wildman–Crippen LogP) is 5.36. The number of nitrogens with one attached hydrogen (secondary N) is 1. The molecule has 0 saturated heterocycles. The zero-order chi connectivity index (χ0) is 16.4. The fourth-order valence-corrected chi connectivity index (χ4v) is 4.39. The van der Waals surface area contributed by atoms with E-state index < -0.39 is 0 Å². The Morgan fingerprint density at radius 1 is 1.08 bits per heavy atom. The van der Waals surface area contributed by atoms with Crippen molar-refractivity contribution >= 4 is 51.4 Å². The smallest absolute Gasteiger partial charge is 0.194 e. The van der Waals surface area contributed by atoms with Crippen molar-refractivity contribution in [3.63, 3.8) is 0 Å². The van der Waals surface area contributed by atoms with Gasteiger partial charge in [0, 0.05) is 17.7 Å². The summed E-state index contributed by atoms with van der Waals surface area (Å²) in [7, 11) is 0. The van der Waals surface area contributed by atoms with Crippen molar-refractivity contribution in [1.29, 1.82) is 0 Å². The Morgan fingerprint density at radius 3 is 2.58 bits per heavy atom. The molecule has 0 saturated carbocycles. The number of hydrogen-bond acceptors (Lipinski definition) is 4. The van der Waals surface area contributed by atoms with E-state index in [1.54, 1.807) is 22.7 Å². The standard InChI is InChI=1S/C18H15N3S3/c22-18(19-15-4-2-1-3-5-15)21-17(14-7-9-24-12-14)10-16(20-21)13-6-8-23-11-13/h1-9,11-12,17H,10H2,(H,19,22)/t17-/m1/s1. The Labute approximate surface area is 154 Å². The van der Waals surface area contributed by atoms with Crippen molar-refractivity contribution in [2.75, 3.05) is 5.32 Å². The maximum Gasteiger partial charge on any atom is 0.194 e. The summed E-state index contributed by atoms with van der Waals surface area (Å²) < 4.78 is 0. The maximum atomic E-state index is 5.64. The van der Waals surface area contributed by atoms with Crippen molar-refractivity contribution in [2.24, 2.45) is 5.10 Å². The third-order valence-electron chi connectivity index (χ3n) is 3.93. The molecule has 0 radical (unpaired) electrons. The number of hydrogen-bond donors (Lipinski definition) is 1. The Morgan fingerprint density at radius 2 is 1.88 bits per heavy atom. The van der Waals surface area contributed by atoms with E-state index in [4.69, 9.17) is 17.3 Å². The van der Waals surface area contributed by atoms with Crippen LogP contribution >= 0.6 is 34.9 Å². The van der Waals surface area contributed by atoms with Gasteiger partial charge in [-0.05, 0) is 63.6 Å². The first-order valence-corrected chi connectivity index (χ1v) is 9.88. The van der Waals surface area contributed by atoms with Crippen LogP contribution in [0, 0.1) is 0 Å². The summed E-state index contributed by atoms with van der Waals surface area (Å²) in [5, 5.41) is 19.2. The van der Waals surface area contributed by atoms with Gasteiger partial charge in [-0.25, -0.2) is 5.01 Å². The van der Waals surface area contributed by atoms with Gasteiger partial charge in [0.2, 0.25) is 0 Å². The topological polar surface area (TPSA) is 27.6 Å². The number of para-hydroxylation sites is 1. The predicted molar refractivity (Wildman–Crippen MR) is 107 cm³/mol. The molecule has 0 spiro atoms. The summed E-state index contributed by atoms with van der Waals surface area (Å²) in [4.78, 5) is 0. The second kappa shape index (κ2) is 6.84. The van der Waals surface area contributed by atoms with Gasteiger partial charge < -0.3 is 5.32 Å². The second-order valence-corrected chi connectivity index (χ2v) is 7.42. The normalized spacial score (nSPS) is 16.9. The van der Waals surface area contributed by atoms with Crippen molar-refractivity contribution in [2.45, 2.75) is 12.5 Å². The monoisotopic (exact) mass is 369 g/mol. The fourth-order valence-electron chi connectivity index (χ4n) is 2.73. The fraction of sp³-hybridized carbons (Fsp3) is 0.111. The molecular formula is C18H15N3S3. The molecule has 1 aliphatic rings. The molecule has 1 aromatic carbocycles. The first kappa shape index (κ1) is 15.5. The van der Waals surface area contributed by atoms with Gasteiger partial charge in [-0.2, -0.15) is 27.8 Å². The van der Waals surface area contributed by atoms with Crippen LogP contribution in [0.2, 0.25) is 0 Å². The summed E-state index contributed by atoms with van der Waals surface area (Å²) in [5.74, 6) is 0. The molecule has 3 aromatic rings. The van der Waals surface area contributed by atoms with Crippen LogP contribution in [0.3, 0.4) is 0 Å². The number of thiocarbonyl (C=S) groups is 1. The van der Waals surface area contributed by atoms with Gasteiger partial charge in [-0.3, -0.25) is 0 Å². The molecule has 0 fully saturated rings. The van der Waals surface area contributed by atoms with Gasteiger partial charge in [0.1, 0.15) is 0 Å². The molecule has 1 N–H and O–H groups in total. The number of anilines is 1. The van der Waals surface area contributed by atoms with E-state index >= 15 is 0 Å². The highest BCUT2D eigenvalue weighted by molar-refractivity contribution is 7.80. The number of hydrazone groups is 1. The van der Waals surface area contributed by atoms with E-state index in [1.165, 1.54) is 11.1 Å². The van der Waals surface area contributed by atoms with Crippen molar-refractivity contribution in [1.82, 2.24) is 5.01 Å². The van der Waals surface area contributed by atoms with E-state index in [2.05, 4.69) is 39.0 Å². The number of benzene rings is 1. The molecule has 24 heavy (non-hydrogen) atoms. The van der Waals surface area contributed by atoms with Gasteiger partial charge in [0.05, 0.1) is 11.8 Å². The van der Waals surface area contributed by atoms with Gasteiger partial charge >= 0.3 is 0 Å². The van der Waals surface area contributed by atoms with Crippen LogP contribution in [-0.4, -0.2) is 15.8 Å². The van der Waals surface area contributed by atoms with Crippen LogP contribution in [-0.2, 0) is 0 Å². The lowest BCUT2D eigenvalue weighted by molar-refractivity contribution is 0.376. The van der Waals surface area contributed by atoms with E-state index in [1.807, 2.05) is 35.3 Å². The summed E-state index contributed by atoms with van der Waals surface area (Å²) >= 11 is 9.04. The molecule has 3 heterocycles. The number of nitrogens with zero attached hydrogens (tertiary/aromatic N) is 2. The van der Waals surface area contributed by atoms with Crippen molar-refractivity contribution in [3.8, 4) is 0 Å². The first-order chi connectivity index (χ1) is 11.8. The molecule has 3 nitrogen and oxygen atoms in total. The Kier molecular flexibility index (Phi) is 4.42. The van der Waals surface area contributed by atoms with Gasteiger partial charge in [0.15, 0.2) is 5.11 Å². The SMILES string of the molecule is S=C(Nc1ccccc1)N1N=C(c2ccsc2)C[C@@H]1c1ccsc1. The minimum Gasteiger partial charge on any atom is -0.331 e. The highest BCUT2D eigenvalue weighted by atomic mass is 32.1. The lowest BCUT2D eigenvalue weighted by Crippen LogP contribution is -2.30. The molecule has 120 valence electrons. The minimum absolute atomic E-state index is 0.148. The minimum atomic E-state index is 0.148. The molecule has 1 atom stereocenters. The second-order valence-electron chi connectivity index (χ2n) is 5.48. The molecule has 0 aliphatic carbocycles. The Balaban J connectivity index is 1.62. The molecule has 6 heteroatoms. The third-order valence-corrected chi connectivity index (χ3v) is 5.60. The molecular weight excluding hydrogens is 354 g/mol. The highest BCUT2D eigenvalue weighted by Gasteiger charge is 2.31. The van der Waals surface area contributed by atoms with Crippen LogP contribution in [0.15, 0.2) is 69.1 Å². The Hall–Kier alpha value is -2.02. The molecule has 1 aliphatic heterocycles. The van der Waals surface area contributed by atoms with Gasteiger partial charge in [-0.1, -0.05) is 18.2 Å². The zero-order valence-corrected chi connectivity index (χ0v) is 15.2. The summed E-state index contributed by atoms with van der Waals surface area (Å²) in [6, 6.07) is 14.4. The molecule has 0 bridgehead atoms. The lowest BCUT2D eigenvalue weighted by Gasteiger charge is -2.24. The van der Waals surface area contributed by atoms with Crippen LogP contribution in [0.4, 0.5) is 5.69 Å². The van der Waals surface area contributed by atoms with E-state index in [9.17, 15) is 0 Å². The van der Waals surface area contributed by atoms with Crippen LogP contribution < -0.4 is 5.32 Å². The number of thiophene rings is 2. The molecule has 2 aromatic heterocycles. The summed E-state index contributed by atoms with van der Waals surface area (Å²) in [6.45, 7) is 0. The largest absolute Gasteiger partial charge is 0.331 e. The molecule has 4 rings (SSSR count). The van der Waals surface area contributed by atoms with E-state index in [-0.39, 0.29) is 6.04 Å². The van der Waals surface area contributed by atoms with E-state index in [0.29, 0.717) is 5.11 Å². The zero-order valence-electron chi connectivity index (χ0n) is 12.8. The quantitative estimate of drug-likeness (QED) is 0.630. The van der Waals surface area contributed by atoms with Crippen molar-refractivity contribution in [3.05, 3.63) is 75.1 Å². The molecule has 0 unspecified atom stereocenters. The highest BCUT2D eigenvalue weighted by Crippen LogP contribution is 2.34. The van der Waals surface area contributed by atoms with Crippen LogP contribution in [0.1, 0.15) is 23.6 Å². The maximum absolute atomic E-state index is 5.64. The summed E-state index contributed by atoms with van der Waals surface area (Å²) in [5.41, 5.74) is 4.51. The van der Waals surface area contributed by atoms with Gasteiger partial charge in [-0.15, -0.1) is 0 Å². The van der Waals surface area contributed by atoms with Gasteiger partial charge in [0.25, 0.3) is 0 Å². The summed E-state index contributed by atoms with van der Waals surface area (Å²) in [6.07, 6.45) is 0.865. The number of rotatable bonds is 3. The first-order valence-electron chi connectivity index (χ1n) is 7.58. The van der Waals surface area contributed by atoms with E-state index in [0.717, 1.165) is 17.8 Å². The van der Waals surface area contributed by atoms with Crippen molar-refractivity contribution < 1.29 is 0 Å². The average Bonchev–Trinajstić information content (AvgIpc) is 3.35. The molecule has 0 amide bonds. The Bertz CT molecular complexity index is 839. The average molecular weight is 370 g/mol. The third kappa shape index (κ3) is 3.13. The van der Waals surface area contributed by atoms with Crippen LogP contribution in [0.5, 0.6) is 0 Å². The lowest BCUT2D eigenvalue weighted by atomic mass is 10.0. The van der Waals surface area contributed by atoms with Crippen LogP contribution in [0.25, 0.3) is 0 Å².